The summed E-state index contributed by atoms with van der Waals surface area (Å²) in [4.78, 5) is 12.0. The zero-order valence-electron chi connectivity index (χ0n) is 11.2. The van der Waals surface area contributed by atoms with Gasteiger partial charge in [-0.2, -0.15) is 0 Å². The van der Waals surface area contributed by atoms with Gasteiger partial charge in [0.1, 0.15) is 5.75 Å². The third kappa shape index (κ3) is 3.71. The first-order valence-corrected chi connectivity index (χ1v) is 6.34. The van der Waals surface area contributed by atoms with Crippen molar-refractivity contribution in [3.05, 3.63) is 36.2 Å². The van der Waals surface area contributed by atoms with Crippen LogP contribution in [0.15, 0.2) is 30.6 Å². The number of aromatic nitrogens is 3. The van der Waals surface area contributed by atoms with E-state index in [4.69, 9.17) is 10.5 Å². The lowest BCUT2D eigenvalue weighted by atomic mass is 10.1. The summed E-state index contributed by atoms with van der Waals surface area (Å²) in [6.45, 7) is 3.42. The Kier molecular flexibility index (Phi) is 4.54. The summed E-state index contributed by atoms with van der Waals surface area (Å²) in [5, 5.41) is 10.3. The maximum Gasteiger partial charge on any atom is 0.251 e. The topological polar surface area (TPSA) is 95.1 Å². The Morgan fingerprint density at radius 2 is 2.30 bits per heavy atom. The van der Waals surface area contributed by atoms with E-state index in [2.05, 4.69) is 15.6 Å². The lowest BCUT2D eigenvalue weighted by Gasteiger charge is -2.09. The van der Waals surface area contributed by atoms with Crippen LogP contribution in [0, 0.1) is 0 Å². The zero-order chi connectivity index (χ0) is 14.4. The Hall–Kier alpha value is -2.57. The van der Waals surface area contributed by atoms with Gasteiger partial charge in [0, 0.05) is 30.1 Å². The highest BCUT2D eigenvalue weighted by Crippen LogP contribution is 2.18. The molecule has 0 bridgehead atoms. The van der Waals surface area contributed by atoms with Gasteiger partial charge in [-0.3, -0.25) is 9.48 Å². The number of carbonyl (C=O) groups excluding carboxylic acids is 1. The number of amides is 1. The van der Waals surface area contributed by atoms with Gasteiger partial charge in [0.25, 0.3) is 5.91 Å². The lowest BCUT2D eigenvalue weighted by molar-refractivity contribution is 0.0951. The Morgan fingerprint density at radius 3 is 3.00 bits per heavy atom. The normalized spacial score (nSPS) is 10.2. The van der Waals surface area contributed by atoms with Crippen molar-refractivity contribution in [3.8, 4) is 5.75 Å². The van der Waals surface area contributed by atoms with Crippen molar-refractivity contribution in [2.24, 2.45) is 0 Å². The summed E-state index contributed by atoms with van der Waals surface area (Å²) in [5.41, 5.74) is 6.73. The summed E-state index contributed by atoms with van der Waals surface area (Å²) in [5.74, 6) is 0.396. The second kappa shape index (κ2) is 6.55. The minimum Gasteiger partial charge on any atom is -0.494 e. The van der Waals surface area contributed by atoms with Crippen molar-refractivity contribution in [3.63, 3.8) is 0 Å². The van der Waals surface area contributed by atoms with Crippen molar-refractivity contribution in [2.45, 2.75) is 13.5 Å². The first-order valence-electron chi connectivity index (χ1n) is 6.34. The predicted octanol–water partition coefficient (Wildman–Crippen LogP) is 0.689. The number of hydrogen-bond donors (Lipinski definition) is 2. The standard InChI is InChI=1S/C13H17N5O2/c1-2-20-12-8-10(7-11(14)9-12)13(19)15-3-5-18-6-4-16-17-18/h4,6-9H,2-3,5,14H2,1H3,(H,15,19). The molecule has 0 radical (unpaired) electrons. The molecule has 0 aliphatic carbocycles. The molecule has 1 amide bonds. The molecule has 0 aliphatic rings. The number of anilines is 1. The maximum absolute atomic E-state index is 12.0. The molecule has 2 rings (SSSR count). The van der Waals surface area contributed by atoms with Gasteiger partial charge < -0.3 is 15.8 Å². The summed E-state index contributed by atoms with van der Waals surface area (Å²) < 4.78 is 7.00. The molecular formula is C13H17N5O2. The average molecular weight is 275 g/mol. The van der Waals surface area contributed by atoms with Crippen molar-refractivity contribution in [1.82, 2.24) is 20.3 Å². The van der Waals surface area contributed by atoms with Gasteiger partial charge in [0.05, 0.1) is 19.3 Å². The molecule has 0 unspecified atom stereocenters. The average Bonchev–Trinajstić information content (AvgIpc) is 2.91. The Bertz CT molecular complexity index is 568. The summed E-state index contributed by atoms with van der Waals surface area (Å²) in [6.07, 6.45) is 3.33. The van der Waals surface area contributed by atoms with E-state index in [-0.39, 0.29) is 5.91 Å². The van der Waals surface area contributed by atoms with Gasteiger partial charge in [0.15, 0.2) is 0 Å². The molecule has 106 valence electrons. The number of benzene rings is 1. The quantitative estimate of drug-likeness (QED) is 0.756. The fourth-order valence-corrected chi connectivity index (χ4v) is 1.74. The van der Waals surface area contributed by atoms with E-state index in [1.807, 2.05) is 6.92 Å². The highest BCUT2D eigenvalue weighted by molar-refractivity contribution is 5.95. The number of hydrogen-bond acceptors (Lipinski definition) is 5. The third-order valence-corrected chi connectivity index (χ3v) is 2.60. The molecule has 0 saturated carbocycles. The second-order valence-electron chi connectivity index (χ2n) is 4.15. The molecule has 1 aromatic carbocycles. The molecule has 7 nitrogen and oxygen atoms in total. The van der Waals surface area contributed by atoms with E-state index in [1.165, 1.54) is 0 Å². The van der Waals surface area contributed by atoms with Gasteiger partial charge in [-0.25, -0.2) is 0 Å². The van der Waals surface area contributed by atoms with Crippen molar-refractivity contribution in [1.29, 1.82) is 0 Å². The largest absolute Gasteiger partial charge is 0.494 e. The van der Waals surface area contributed by atoms with Crippen LogP contribution in [0.3, 0.4) is 0 Å². The smallest absolute Gasteiger partial charge is 0.251 e. The molecule has 1 aromatic heterocycles. The fraction of sp³-hybridized carbons (Fsp3) is 0.308. The van der Waals surface area contributed by atoms with Crippen LogP contribution in [0.1, 0.15) is 17.3 Å². The fourth-order valence-electron chi connectivity index (χ4n) is 1.74. The van der Waals surface area contributed by atoms with Crippen LogP contribution < -0.4 is 15.8 Å². The van der Waals surface area contributed by atoms with Crippen molar-refractivity contribution in [2.75, 3.05) is 18.9 Å². The number of rotatable bonds is 6. The molecule has 0 saturated heterocycles. The van der Waals surface area contributed by atoms with E-state index in [1.54, 1.807) is 35.3 Å². The van der Waals surface area contributed by atoms with Crippen LogP contribution in [0.5, 0.6) is 5.75 Å². The van der Waals surface area contributed by atoms with E-state index >= 15 is 0 Å². The van der Waals surface area contributed by atoms with E-state index < -0.39 is 0 Å². The SMILES string of the molecule is CCOc1cc(N)cc(C(=O)NCCn2ccnn2)c1. The third-order valence-electron chi connectivity index (χ3n) is 2.60. The highest BCUT2D eigenvalue weighted by atomic mass is 16.5. The van der Waals surface area contributed by atoms with Crippen molar-refractivity contribution >= 4 is 11.6 Å². The molecule has 0 spiro atoms. The number of ether oxygens (including phenoxy) is 1. The molecule has 20 heavy (non-hydrogen) atoms. The van der Waals surface area contributed by atoms with Gasteiger partial charge in [-0.15, -0.1) is 5.10 Å². The predicted molar refractivity (Wildman–Crippen MR) is 74.4 cm³/mol. The summed E-state index contributed by atoms with van der Waals surface area (Å²) >= 11 is 0. The maximum atomic E-state index is 12.0. The van der Waals surface area contributed by atoms with Gasteiger partial charge in [-0.05, 0) is 19.1 Å². The Morgan fingerprint density at radius 1 is 1.45 bits per heavy atom. The molecule has 0 atom stereocenters. The first-order chi connectivity index (χ1) is 9.69. The number of nitrogens with one attached hydrogen (secondary N) is 1. The van der Waals surface area contributed by atoms with Crippen LogP contribution in [0.2, 0.25) is 0 Å². The van der Waals surface area contributed by atoms with Gasteiger partial charge in [0.2, 0.25) is 0 Å². The number of carbonyl (C=O) groups is 1. The molecule has 0 fully saturated rings. The lowest BCUT2D eigenvalue weighted by Crippen LogP contribution is -2.27. The summed E-state index contributed by atoms with van der Waals surface area (Å²) in [6, 6.07) is 4.98. The van der Waals surface area contributed by atoms with E-state index in [0.717, 1.165) is 0 Å². The van der Waals surface area contributed by atoms with Crippen LogP contribution in [0.4, 0.5) is 5.69 Å². The minimum atomic E-state index is -0.196. The first kappa shape index (κ1) is 13.9. The number of nitrogen functional groups attached to an aromatic ring is 1. The van der Waals surface area contributed by atoms with Crippen molar-refractivity contribution < 1.29 is 9.53 Å². The molecule has 2 aromatic rings. The Balaban J connectivity index is 1.94. The Labute approximate surface area is 116 Å². The molecule has 7 heteroatoms. The van der Waals surface area contributed by atoms with Crippen LogP contribution in [-0.4, -0.2) is 34.1 Å². The number of nitrogens with zero attached hydrogens (tertiary/aromatic N) is 3. The highest BCUT2D eigenvalue weighted by Gasteiger charge is 2.08. The van der Waals surface area contributed by atoms with E-state index in [9.17, 15) is 4.79 Å². The van der Waals surface area contributed by atoms with Gasteiger partial charge >= 0.3 is 0 Å². The molecule has 0 aliphatic heterocycles. The molecule has 1 heterocycles. The molecular weight excluding hydrogens is 258 g/mol. The number of nitrogens with two attached hydrogens (primary N) is 1. The summed E-state index contributed by atoms with van der Waals surface area (Å²) in [7, 11) is 0. The van der Waals surface area contributed by atoms with Crippen LogP contribution in [0.25, 0.3) is 0 Å². The monoisotopic (exact) mass is 275 g/mol. The minimum absolute atomic E-state index is 0.196. The van der Waals surface area contributed by atoms with Gasteiger partial charge in [-0.1, -0.05) is 5.21 Å². The van der Waals surface area contributed by atoms with E-state index in [0.29, 0.717) is 36.7 Å². The zero-order valence-corrected chi connectivity index (χ0v) is 11.2. The second-order valence-corrected chi connectivity index (χ2v) is 4.15. The molecule has 3 N–H and O–H groups in total. The van der Waals surface area contributed by atoms with Crippen LogP contribution in [-0.2, 0) is 6.54 Å². The van der Waals surface area contributed by atoms with Crippen LogP contribution >= 0.6 is 0 Å².